The summed E-state index contributed by atoms with van der Waals surface area (Å²) in [5.74, 6) is -0.197. The molecule has 0 heterocycles. The number of hydrogen-bond donors (Lipinski definition) is 4. The van der Waals surface area contributed by atoms with Crippen LogP contribution in [0.3, 0.4) is 0 Å². The number of aliphatic hydroxyl groups is 1. The van der Waals surface area contributed by atoms with E-state index >= 15 is 0 Å². The van der Waals surface area contributed by atoms with Crippen molar-refractivity contribution in [1.29, 1.82) is 0 Å². The number of phosphoric ester groups is 1. The molecule has 0 aliphatic heterocycles. The van der Waals surface area contributed by atoms with E-state index in [9.17, 15) is 14.5 Å². The van der Waals surface area contributed by atoms with Crippen molar-refractivity contribution in [1.82, 2.24) is 5.32 Å². The molecule has 0 aliphatic rings. The number of carbonyl (C=O) groups is 1. The van der Waals surface area contributed by atoms with Crippen molar-refractivity contribution in [3.63, 3.8) is 0 Å². The third kappa shape index (κ3) is 28.9. The van der Waals surface area contributed by atoms with Crippen LogP contribution in [0.15, 0.2) is 0 Å². The number of nitrogens with one attached hydrogen (secondary N) is 1. The Bertz CT molecular complexity index is 585. The quantitative estimate of drug-likeness (QED) is 0.0501. The molecule has 234 valence electrons. The van der Waals surface area contributed by atoms with Gasteiger partial charge < -0.3 is 20.2 Å². The molecular formula is C31H64NO6P. The van der Waals surface area contributed by atoms with Crippen LogP contribution in [0, 0.1) is 0 Å². The first kappa shape index (κ1) is 38.5. The van der Waals surface area contributed by atoms with Crippen LogP contribution in [0.5, 0.6) is 0 Å². The molecule has 7 nitrogen and oxygen atoms in total. The summed E-state index contributed by atoms with van der Waals surface area (Å²) in [6.07, 6.45) is 28.0. The molecule has 0 spiro atoms. The molecule has 0 rings (SSSR count). The molecule has 0 fully saturated rings. The highest BCUT2D eigenvalue weighted by molar-refractivity contribution is 7.46. The summed E-state index contributed by atoms with van der Waals surface area (Å²) in [4.78, 5) is 30.6. The maximum absolute atomic E-state index is 12.4. The third-order valence-electron chi connectivity index (χ3n) is 7.59. The van der Waals surface area contributed by atoms with Crippen LogP contribution < -0.4 is 5.32 Å². The second-order valence-corrected chi connectivity index (χ2v) is 12.7. The SMILES string of the molecule is CCCCCCCCCCCCCCCC[C@@H](O)[C@H](COP(=O)(O)O)NC(=O)CCCCCCCCCCC. The number of amides is 1. The Morgan fingerprint density at radius 3 is 1.38 bits per heavy atom. The maximum Gasteiger partial charge on any atom is 0.469 e. The van der Waals surface area contributed by atoms with Crippen molar-refractivity contribution in [2.45, 2.75) is 187 Å². The number of unbranched alkanes of at least 4 members (excludes halogenated alkanes) is 21. The van der Waals surface area contributed by atoms with Crippen molar-refractivity contribution in [2.75, 3.05) is 6.61 Å². The first-order valence-corrected chi connectivity index (χ1v) is 18.0. The van der Waals surface area contributed by atoms with Crippen LogP contribution in [0.1, 0.15) is 174 Å². The standard InChI is InChI=1S/C31H64NO6P/c1-3-5-7-9-11-13-14-15-16-17-19-20-22-24-26-30(33)29(28-38-39(35,36)37)32-31(34)27-25-23-21-18-12-10-8-6-4-2/h29-30,33H,3-28H2,1-2H3,(H,32,34)(H2,35,36,37)/t29-,30+/m0/s1. The number of hydrogen-bond acceptors (Lipinski definition) is 4. The predicted octanol–water partition coefficient (Wildman–Crippen LogP) is 8.73. The fourth-order valence-electron chi connectivity index (χ4n) is 5.05. The van der Waals surface area contributed by atoms with Crippen LogP contribution in [-0.4, -0.2) is 39.6 Å². The Morgan fingerprint density at radius 2 is 1.00 bits per heavy atom. The zero-order valence-corrected chi connectivity index (χ0v) is 26.4. The minimum Gasteiger partial charge on any atom is -0.391 e. The summed E-state index contributed by atoms with van der Waals surface area (Å²) in [6, 6.07) is -0.814. The normalized spacial score (nSPS) is 13.5. The van der Waals surface area contributed by atoms with E-state index in [4.69, 9.17) is 9.79 Å². The van der Waals surface area contributed by atoms with Crippen LogP contribution in [0.25, 0.3) is 0 Å². The number of aliphatic hydroxyl groups excluding tert-OH is 1. The van der Waals surface area contributed by atoms with Gasteiger partial charge in [-0.1, -0.05) is 155 Å². The molecule has 39 heavy (non-hydrogen) atoms. The Hall–Kier alpha value is -0.460. The fraction of sp³-hybridized carbons (Fsp3) is 0.968. The van der Waals surface area contributed by atoms with Gasteiger partial charge in [0.2, 0.25) is 5.91 Å². The van der Waals surface area contributed by atoms with Gasteiger partial charge in [-0.3, -0.25) is 9.32 Å². The van der Waals surface area contributed by atoms with E-state index < -0.39 is 26.6 Å². The highest BCUT2D eigenvalue weighted by Crippen LogP contribution is 2.36. The van der Waals surface area contributed by atoms with Crippen LogP contribution in [0.2, 0.25) is 0 Å². The number of rotatable bonds is 30. The van der Waals surface area contributed by atoms with E-state index in [0.29, 0.717) is 12.8 Å². The molecule has 0 bridgehead atoms. The summed E-state index contributed by atoms with van der Waals surface area (Å²) >= 11 is 0. The lowest BCUT2D eigenvalue weighted by Crippen LogP contribution is -2.46. The predicted molar refractivity (Wildman–Crippen MR) is 163 cm³/mol. The molecule has 0 aromatic heterocycles. The second kappa shape index (κ2) is 27.7. The maximum atomic E-state index is 12.4. The molecule has 0 aromatic rings. The molecular weight excluding hydrogens is 513 g/mol. The molecule has 0 saturated carbocycles. The van der Waals surface area contributed by atoms with E-state index in [1.165, 1.54) is 109 Å². The van der Waals surface area contributed by atoms with E-state index in [1.54, 1.807) is 0 Å². The van der Waals surface area contributed by atoms with Crippen molar-refractivity contribution in [3.05, 3.63) is 0 Å². The molecule has 0 unspecified atom stereocenters. The van der Waals surface area contributed by atoms with E-state index in [-0.39, 0.29) is 5.91 Å². The summed E-state index contributed by atoms with van der Waals surface area (Å²) < 4.78 is 15.8. The average molecular weight is 578 g/mol. The van der Waals surface area contributed by atoms with Gasteiger partial charge in [-0.25, -0.2) is 4.57 Å². The lowest BCUT2D eigenvalue weighted by Gasteiger charge is -2.24. The Morgan fingerprint density at radius 1 is 0.641 bits per heavy atom. The van der Waals surface area contributed by atoms with E-state index in [0.717, 1.165) is 38.5 Å². The number of phosphoric acid groups is 1. The van der Waals surface area contributed by atoms with Gasteiger partial charge in [0.15, 0.2) is 0 Å². The fourth-order valence-corrected chi connectivity index (χ4v) is 5.41. The topological polar surface area (TPSA) is 116 Å². The van der Waals surface area contributed by atoms with Gasteiger partial charge >= 0.3 is 7.82 Å². The van der Waals surface area contributed by atoms with Gasteiger partial charge in [0.05, 0.1) is 18.8 Å². The molecule has 0 saturated heterocycles. The smallest absolute Gasteiger partial charge is 0.391 e. The van der Waals surface area contributed by atoms with Crippen LogP contribution in [-0.2, 0) is 13.9 Å². The van der Waals surface area contributed by atoms with Gasteiger partial charge in [0.1, 0.15) is 0 Å². The minimum atomic E-state index is -4.67. The molecule has 0 aliphatic carbocycles. The highest BCUT2D eigenvalue weighted by atomic mass is 31.2. The van der Waals surface area contributed by atoms with Crippen molar-refractivity contribution < 1.29 is 28.8 Å². The second-order valence-electron chi connectivity index (χ2n) is 11.5. The lowest BCUT2D eigenvalue weighted by atomic mass is 10.0. The molecule has 0 aromatic carbocycles. The molecule has 2 atom stereocenters. The van der Waals surface area contributed by atoms with Gasteiger partial charge in [0.25, 0.3) is 0 Å². The highest BCUT2D eigenvalue weighted by Gasteiger charge is 2.25. The zero-order chi connectivity index (χ0) is 29.0. The molecule has 0 radical (unpaired) electrons. The first-order chi connectivity index (χ1) is 18.8. The van der Waals surface area contributed by atoms with Crippen LogP contribution in [0.4, 0.5) is 0 Å². The van der Waals surface area contributed by atoms with E-state index in [1.807, 2.05) is 0 Å². The molecule has 4 N–H and O–H groups in total. The third-order valence-corrected chi connectivity index (χ3v) is 8.08. The largest absolute Gasteiger partial charge is 0.469 e. The van der Waals surface area contributed by atoms with Gasteiger partial charge in [-0.2, -0.15) is 0 Å². The van der Waals surface area contributed by atoms with Gasteiger partial charge in [0, 0.05) is 6.42 Å². The Kier molecular flexibility index (Phi) is 27.4. The zero-order valence-electron chi connectivity index (χ0n) is 25.6. The summed E-state index contributed by atoms with van der Waals surface area (Å²) in [5, 5.41) is 13.4. The molecule has 1 amide bonds. The van der Waals surface area contributed by atoms with Crippen molar-refractivity contribution in [2.24, 2.45) is 0 Å². The summed E-state index contributed by atoms with van der Waals surface area (Å²) in [6.45, 7) is 4.07. The minimum absolute atomic E-state index is 0.197. The van der Waals surface area contributed by atoms with Crippen molar-refractivity contribution in [3.8, 4) is 0 Å². The molecule has 8 heteroatoms. The summed E-state index contributed by atoms with van der Waals surface area (Å²) in [5.41, 5.74) is 0. The monoisotopic (exact) mass is 577 g/mol. The summed E-state index contributed by atoms with van der Waals surface area (Å²) in [7, 11) is -4.67. The lowest BCUT2D eigenvalue weighted by molar-refractivity contribution is -0.123. The van der Waals surface area contributed by atoms with Crippen LogP contribution >= 0.6 is 7.82 Å². The van der Waals surface area contributed by atoms with Gasteiger partial charge in [-0.15, -0.1) is 0 Å². The first-order valence-electron chi connectivity index (χ1n) is 16.5. The Labute approximate surface area is 240 Å². The Balaban J connectivity index is 4.01. The van der Waals surface area contributed by atoms with Gasteiger partial charge in [-0.05, 0) is 12.8 Å². The average Bonchev–Trinajstić information content (AvgIpc) is 2.89. The number of carbonyl (C=O) groups excluding carboxylic acids is 1. The van der Waals surface area contributed by atoms with Crippen molar-refractivity contribution >= 4 is 13.7 Å². The van der Waals surface area contributed by atoms with E-state index in [2.05, 4.69) is 23.7 Å².